The molecule has 2 aliphatic heterocycles. The Kier molecular flexibility index (Phi) is 5.63. The van der Waals surface area contributed by atoms with Gasteiger partial charge >= 0.3 is 0 Å². The van der Waals surface area contributed by atoms with Gasteiger partial charge in [0.05, 0.1) is 6.04 Å². The molecule has 154 valence electrons. The third-order valence-electron chi connectivity index (χ3n) is 5.64. The minimum Gasteiger partial charge on any atom is -0.326 e. The van der Waals surface area contributed by atoms with Crippen LogP contribution < -0.4 is 5.32 Å². The first-order valence-corrected chi connectivity index (χ1v) is 10.5. The molecule has 2 aromatic carbocycles. The van der Waals surface area contributed by atoms with Crippen molar-refractivity contribution < 1.29 is 14.4 Å². The van der Waals surface area contributed by atoms with Crippen molar-refractivity contribution >= 4 is 35.1 Å². The van der Waals surface area contributed by atoms with Crippen molar-refractivity contribution in [3.8, 4) is 0 Å². The van der Waals surface area contributed by atoms with Gasteiger partial charge in [-0.1, -0.05) is 61.9 Å². The Bertz CT molecular complexity index is 1010. The van der Waals surface area contributed by atoms with E-state index in [2.05, 4.69) is 5.32 Å². The molecule has 0 radical (unpaired) electrons. The molecule has 0 spiro atoms. The lowest BCUT2D eigenvalue weighted by atomic mass is 9.89. The van der Waals surface area contributed by atoms with Crippen LogP contribution in [0.2, 0.25) is 0 Å². The van der Waals surface area contributed by atoms with Crippen molar-refractivity contribution in [2.45, 2.75) is 32.4 Å². The maximum atomic E-state index is 13.4. The Morgan fingerprint density at radius 2 is 1.70 bits per heavy atom. The summed E-state index contributed by atoms with van der Waals surface area (Å²) in [5.74, 6) is -2.01. The number of hydrogen-bond acceptors (Lipinski definition) is 4. The summed E-state index contributed by atoms with van der Waals surface area (Å²) < 4.78 is 0. The fraction of sp³-hybridized carbons (Fsp3) is 0.304. The van der Waals surface area contributed by atoms with E-state index in [9.17, 15) is 14.4 Å². The fourth-order valence-corrected chi connectivity index (χ4v) is 4.43. The van der Waals surface area contributed by atoms with Crippen molar-refractivity contribution in [3.63, 3.8) is 0 Å². The van der Waals surface area contributed by atoms with Crippen molar-refractivity contribution in [2.75, 3.05) is 6.54 Å². The minimum absolute atomic E-state index is 0.141. The van der Waals surface area contributed by atoms with E-state index in [0.29, 0.717) is 24.2 Å². The summed E-state index contributed by atoms with van der Waals surface area (Å²) in [7, 11) is 0. The Hall–Kier alpha value is -3.06. The molecule has 4 rings (SSSR count). The molecule has 2 aromatic rings. The molecule has 7 heteroatoms. The zero-order valence-corrected chi connectivity index (χ0v) is 17.5. The molecule has 2 heterocycles. The quantitative estimate of drug-likeness (QED) is 0.575. The zero-order valence-electron chi connectivity index (χ0n) is 16.7. The molecule has 2 aliphatic rings. The molecule has 0 bridgehead atoms. The Morgan fingerprint density at radius 1 is 1.00 bits per heavy atom. The van der Waals surface area contributed by atoms with Crippen molar-refractivity contribution in [3.05, 3.63) is 71.3 Å². The summed E-state index contributed by atoms with van der Waals surface area (Å²) in [6.45, 7) is 2.79. The highest BCUT2D eigenvalue weighted by molar-refractivity contribution is 7.80. The Labute approximate surface area is 180 Å². The monoisotopic (exact) mass is 421 g/mol. The van der Waals surface area contributed by atoms with Crippen LogP contribution in [0, 0.1) is 5.92 Å². The van der Waals surface area contributed by atoms with E-state index in [0.717, 1.165) is 18.4 Å². The number of nitrogens with one attached hydrogen (secondary N) is 1. The Balaban J connectivity index is 1.74. The highest BCUT2D eigenvalue weighted by Crippen LogP contribution is 2.41. The molecular weight excluding hydrogens is 398 g/mol. The summed E-state index contributed by atoms with van der Waals surface area (Å²) in [5.41, 5.74) is 2.17. The molecule has 6 nitrogen and oxygen atoms in total. The second kappa shape index (κ2) is 8.36. The lowest BCUT2D eigenvalue weighted by Crippen LogP contribution is -2.60. The van der Waals surface area contributed by atoms with Crippen LogP contribution in [0.1, 0.15) is 47.3 Å². The van der Waals surface area contributed by atoms with E-state index in [1.807, 2.05) is 49.4 Å². The van der Waals surface area contributed by atoms with Gasteiger partial charge in [-0.05, 0) is 35.8 Å². The zero-order chi connectivity index (χ0) is 21.3. The number of thiocarbonyl (C=S) groups is 1. The lowest BCUT2D eigenvalue weighted by Gasteiger charge is -2.38. The van der Waals surface area contributed by atoms with Crippen molar-refractivity contribution in [1.29, 1.82) is 0 Å². The van der Waals surface area contributed by atoms with Gasteiger partial charge in [0.1, 0.15) is 5.92 Å². The number of fused-ring (bicyclic) bond motifs is 1. The molecule has 0 unspecified atom stereocenters. The van der Waals surface area contributed by atoms with Gasteiger partial charge in [0.2, 0.25) is 11.8 Å². The van der Waals surface area contributed by atoms with Gasteiger partial charge < -0.3 is 10.2 Å². The van der Waals surface area contributed by atoms with Crippen molar-refractivity contribution in [1.82, 2.24) is 15.1 Å². The molecule has 2 atom stereocenters. The minimum atomic E-state index is -1.04. The third kappa shape index (κ3) is 3.50. The maximum Gasteiger partial charge on any atom is 0.255 e. The number of carbonyl (C=O) groups is 3. The van der Waals surface area contributed by atoms with Crippen molar-refractivity contribution in [2.24, 2.45) is 5.92 Å². The topological polar surface area (TPSA) is 69.7 Å². The highest BCUT2D eigenvalue weighted by atomic mass is 32.1. The maximum absolute atomic E-state index is 13.4. The Morgan fingerprint density at radius 3 is 2.43 bits per heavy atom. The average Bonchev–Trinajstić information content (AvgIpc) is 3.01. The summed E-state index contributed by atoms with van der Waals surface area (Å²) >= 11 is 5.25. The van der Waals surface area contributed by atoms with E-state index in [-0.39, 0.29) is 16.9 Å². The average molecular weight is 422 g/mol. The van der Waals surface area contributed by atoms with Gasteiger partial charge in [-0.25, -0.2) is 0 Å². The van der Waals surface area contributed by atoms with Gasteiger partial charge in [0.15, 0.2) is 5.11 Å². The van der Waals surface area contributed by atoms with E-state index in [1.165, 1.54) is 4.90 Å². The molecule has 1 fully saturated rings. The number of amides is 3. The predicted octanol–water partition coefficient (Wildman–Crippen LogP) is 3.04. The first kappa shape index (κ1) is 20.2. The van der Waals surface area contributed by atoms with Crippen LogP contribution in [0.15, 0.2) is 54.6 Å². The van der Waals surface area contributed by atoms with Crippen LogP contribution in [-0.2, 0) is 16.1 Å². The van der Waals surface area contributed by atoms with E-state index in [4.69, 9.17) is 12.2 Å². The van der Waals surface area contributed by atoms with E-state index < -0.39 is 17.9 Å². The second-order valence-corrected chi connectivity index (χ2v) is 7.95. The summed E-state index contributed by atoms with van der Waals surface area (Å²) in [6, 6.07) is 16.1. The standard InChI is InChI=1S/C23H23N3O3S/c1-2-3-13-25-22(29)18(20(27)24-23(25)30)19-16-11-7-8-12-17(16)21(28)26(19)14-15-9-5-4-6-10-15/h4-12,18-19H,2-3,13-14H2,1H3,(H,24,27,30)/t18-,19-/m1/s1. The van der Waals surface area contributed by atoms with E-state index >= 15 is 0 Å². The van der Waals surface area contributed by atoms with Crippen LogP contribution in [0.5, 0.6) is 0 Å². The lowest BCUT2D eigenvalue weighted by molar-refractivity contribution is -0.144. The van der Waals surface area contributed by atoms with Gasteiger partial charge in [0, 0.05) is 18.7 Å². The first-order chi connectivity index (χ1) is 14.5. The molecule has 1 saturated heterocycles. The molecule has 0 saturated carbocycles. The fourth-order valence-electron chi connectivity index (χ4n) is 4.15. The van der Waals surface area contributed by atoms with E-state index in [1.54, 1.807) is 17.0 Å². The summed E-state index contributed by atoms with van der Waals surface area (Å²) in [6.07, 6.45) is 1.68. The van der Waals surface area contributed by atoms with Crippen LogP contribution in [0.4, 0.5) is 0 Å². The predicted molar refractivity (Wildman–Crippen MR) is 116 cm³/mol. The number of rotatable bonds is 6. The van der Waals surface area contributed by atoms with Gasteiger partial charge in [0.25, 0.3) is 5.91 Å². The number of unbranched alkanes of at least 4 members (excludes halogenated alkanes) is 1. The SMILES string of the molecule is CCCCN1C(=O)[C@H]([C@H]2c3ccccc3C(=O)N2Cc2ccccc2)C(=O)NC1=S. The largest absolute Gasteiger partial charge is 0.326 e. The van der Waals surface area contributed by atoms with Crippen LogP contribution in [0.25, 0.3) is 0 Å². The molecule has 0 aromatic heterocycles. The number of carbonyl (C=O) groups excluding carboxylic acids is 3. The first-order valence-electron chi connectivity index (χ1n) is 10.1. The van der Waals surface area contributed by atoms with Gasteiger partial charge in [-0.15, -0.1) is 0 Å². The highest BCUT2D eigenvalue weighted by Gasteiger charge is 2.50. The molecule has 1 N–H and O–H groups in total. The van der Waals surface area contributed by atoms with Gasteiger partial charge in [-0.2, -0.15) is 0 Å². The number of nitrogens with zero attached hydrogens (tertiary/aromatic N) is 2. The number of benzene rings is 2. The molecule has 30 heavy (non-hydrogen) atoms. The van der Waals surface area contributed by atoms with Gasteiger partial charge in [-0.3, -0.25) is 19.3 Å². The normalized spacial score (nSPS) is 21.1. The second-order valence-electron chi connectivity index (χ2n) is 7.57. The molecular formula is C23H23N3O3S. The van der Waals surface area contributed by atoms with Crippen LogP contribution >= 0.6 is 12.2 Å². The smallest absolute Gasteiger partial charge is 0.255 e. The van der Waals surface area contributed by atoms with Crippen LogP contribution in [0.3, 0.4) is 0 Å². The third-order valence-corrected chi connectivity index (χ3v) is 5.97. The molecule has 0 aliphatic carbocycles. The van der Waals surface area contributed by atoms with Crippen LogP contribution in [-0.4, -0.2) is 39.2 Å². The molecule has 3 amide bonds. The summed E-state index contributed by atoms with van der Waals surface area (Å²) in [5, 5.41) is 2.83. The summed E-state index contributed by atoms with van der Waals surface area (Å²) in [4.78, 5) is 42.7. The number of hydrogen-bond donors (Lipinski definition) is 1.